The smallest absolute Gasteiger partial charge is 0.232 e. The number of aromatic nitrogens is 3. The van der Waals surface area contributed by atoms with Gasteiger partial charge in [0.25, 0.3) is 0 Å². The Morgan fingerprint density at radius 2 is 2.08 bits per heavy atom. The van der Waals surface area contributed by atoms with E-state index < -0.39 is 0 Å². The van der Waals surface area contributed by atoms with Gasteiger partial charge in [-0.15, -0.1) is 0 Å². The van der Waals surface area contributed by atoms with Crippen molar-refractivity contribution in [1.29, 1.82) is 0 Å². The number of rotatable bonds is 3. The van der Waals surface area contributed by atoms with Crippen LogP contribution in [-0.2, 0) is 4.79 Å². The molecule has 1 aliphatic heterocycles. The molecule has 0 N–H and O–H groups in total. The lowest BCUT2D eigenvalue weighted by atomic mass is 10.1. The number of nitrogens with zero attached hydrogens (tertiary/aromatic N) is 4. The summed E-state index contributed by atoms with van der Waals surface area (Å²) < 4.78 is 5.41. The van der Waals surface area contributed by atoms with Gasteiger partial charge in [-0.3, -0.25) is 9.78 Å². The van der Waals surface area contributed by atoms with Crippen LogP contribution in [0.25, 0.3) is 11.4 Å². The van der Waals surface area contributed by atoms with Crippen LogP contribution in [0.4, 0.5) is 5.69 Å². The molecule has 3 aromatic rings. The van der Waals surface area contributed by atoms with Gasteiger partial charge < -0.3 is 9.42 Å². The third-order valence-corrected chi connectivity index (χ3v) is 4.64. The van der Waals surface area contributed by atoms with E-state index in [9.17, 15) is 4.79 Å². The van der Waals surface area contributed by atoms with Crippen LogP contribution < -0.4 is 4.90 Å². The van der Waals surface area contributed by atoms with Crippen LogP contribution in [0, 0.1) is 13.8 Å². The summed E-state index contributed by atoms with van der Waals surface area (Å²) in [4.78, 5) is 22.8. The number of amides is 1. The van der Waals surface area contributed by atoms with Gasteiger partial charge in [-0.1, -0.05) is 11.2 Å². The molecule has 6 heteroatoms. The van der Waals surface area contributed by atoms with Gasteiger partial charge in [-0.25, -0.2) is 0 Å². The Balaban J connectivity index is 1.56. The Labute approximate surface area is 145 Å². The predicted molar refractivity (Wildman–Crippen MR) is 93.2 cm³/mol. The van der Waals surface area contributed by atoms with E-state index in [1.165, 1.54) is 11.1 Å². The fraction of sp³-hybridized carbons (Fsp3) is 0.263. The molecule has 1 amide bonds. The Hall–Kier alpha value is -3.02. The lowest BCUT2D eigenvalue weighted by molar-refractivity contribution is -0.117. The highest BCUT2D eigenvalue weighted by atomic mass is 16.5. The van der Waals surface area contributed by atoms with Crippen molar-refractivity contribution in [2.24, 2.45) is 0 Å². The number of hydrogen-bond donors (Lipinski definition) is 0. The Bertz CT molecular complexity index is 920. The van der Waals surface area contributed by atoms with Gasteiger partial charge in [0.15, 0.2) is 0 Å². The molecule has 6 nitrogen and oxygen atoms in total. The van der Waals surface area contributed by atoms with E-state index in [1.807, 2.05) is 30.3 Å². The molecule has 1 atom stereocenters. The molecule has 0 spiro atoms. The fourth-order valence-electron chi connectivity index (χ4n) is 3.03. The molecule has 0 saturated carbocycles. The van der Waals surface area contributed by atoms with E-state index in [4.69, 9.17) is 4.52 Å². The van der Waals surface area contributed by atoms with E-state index in [0.717, 1.165) is 11.3 Å². The molecule has 3 heterocycles. The summed E-state index contributed by atoms with van der Waals surface area (Å²) >= 11 is 0. The first kappa shape index (κ1) is 15.5. The normalized spacial score (nSPS) is 17.3. The first-order valence-corrected chi connectivity index (χ1v) is 8.23. The Kier molecular flexibility index (Phi) is 3.80. The molecule has 1 aromatic carbocycles. The number of pyridine rings is 1. The van der Waals surface area contributed by atoms with Gasteiger partial charge in [-0.2, -0.15) is 4.98 Å². The maximum Gasteiger partial charge on any atom is 0.232 e. The lowest BCUT2D eigenvalue weighted by Crippen LogP contribution is -2.24. The second-order valence-electron chi connectivity index (χ2n) is 6.37. The largest absolute Gasteiger partial charge is 0.339 e. The quantitative estimate of drug-likeness (QED) is 0.735. The standard InChI is InChI=1S/C19H18N4O2/c1-12-5-6-16(8-13(12)2)23-11-15(9-17(23)24)19-21-18(22-25-19)14-4-3-7-20-10-14/h3-8,10,15H,9,11H2,1-2H3. The molecule has 1 fully saturated rings. The zero-order valence-corrected chi connectivity index (χ0v) is 14.1. The van der Waals surface area contributed by atoms with Gasteiger partial charge in [0.1, 0.15) is 0 Å². The SMILES string of the molecule is Cc1ccc(N2CC(c3nc(-c4cccnc4)no3)CC2=O)cc1C. The summed E-state index contributed by atoms with van der Waals surface area (Å²) in [6.07, 6.45) is 3.76. The van der Waals surface area contributed by atoms with Gasteiger partial charge in [0.2, 0.25) is 17.6 Å². The molecule has 1 saturated heterocycles. The van der Waals surface area contributed by atoms with Crippen molar-refractivity contribution in [3.63, 3.8) is 0 Å². The average molecular weight is 334 g/mol. The second-order valence-corrected chi connectivity index (χ2v) is 6.37. The van der Waals surface area contributed by atoms with Crippen molar-refractivity contribution >= 4 is 11.6 Å². The summed E-state index contributed by atoms with van der Waals surface area (Å²) in [7, 11) is 0. The van der Waals surface area contributed by atoms with E-state index in [-0.39, 0.29) is 11.8 Å². The van der Waals surface area contributed by atoms with Gasteiger partial charge in [-0.05, 0) is 49.2 Å². The molecule has 2 aromatic heterocycles. The summed E-state index contributed by atoms with van der Waals surface area (Å²) in [5, 5.41) is 4.02. The van der Waals surface area contributed by atoms with E-state index in [0.29, 0.717) is 24.7 Å². The highest BCUT2D eigenvalue weighted by molar-refractivity contribution is 5.96. The van der Waals surface area contributed by atoms with Crippen LogP contribution in [0.15, 0.2) is 47.2 Å². The summed E-state index contributed by atoms with van der Waals surface area (Å²) in [6.45, 7) is 4.66. The number of anilines is 1. The van der Waals surface area contributed by atoms with Gasteiger partial charge in [0.05, 0.1) is 5.92 Å². The fourth-order valence-corrected chi connectivity index (χ4v) is 3.03. The molecule has 1 unspecified atom stereocenters. The average Bonchev–Trinajstić information content (AvgIpc) is 3.25. The molecule has 0 radical (unpaired) electrons. The zero-order valence-electron chi connectivity index (χ0n) is 14.1. The number of aryl methyl sites for hydroxylation is 2. The molecule has 4 rings (SSSR count). The molecular weight excluding hydrogens is 316 g/mol. The maximum atomic E-state index is 12.5. The van der Waals surface area contributed by atoms with Crippen LogP contribution in [0.2, 0.25) is 0 Å². The van der Waals surface area contributed by atoms with E-state index in [2.05, 4.69) is 29.0 Å². The molecule has 1 aliphatic rings. The third kappa shape index (κ3) is 2.91. The zero-order chi connectivity index (χ0) is 17.4. The Morgan fingerprint density at radius 3 is 2.84 bits per heavy atom. The minimum atomic E-state index is -0.0907. The topological polar surface area (TPSA) is 72.1 Å². The number of carbonyl (C=O) groups is 1. The second kappa shape index (κ2) is 6.12. The number of hydrogen-bond acceptors (Lipinski definition) is 5. The molecule has 0 bridgehead atoms. The molecule has 0 aliphatic carbocycles. The summed E-state index contributed by atoms with van der Waals surface area (Å²) in [6, 6.07) is 9.77. The minimum Gasteiger partial charge on any atom is -0.339 e. The highest BCUT2D eigenvalue weighted by Crippen LogP contribution is 2.32. The number of benzene rings is 1. The summed E-state index contributed by atoms with van der Waals surface area (Å²) in [5.41, 5.74) is 4.10. The predicted octanol–water partition coefficient (Wildman–Crippen LogP) is 3.27. The lowest BCUT2D eigenvalue weighted by Gasteiger charge is -2.17. The van der Waals surface area contributed by atoms with Crippen LogP contribution in [-0.4, -0.2) is 27.6 Å². The molecule has 25 heavy (non-hydrogen) atoms. The molecule has 126 valence electrons. The molecular formula is C19H18N4O2. The monoisotopic (exact) mass is 334 g/mol. The van der Waals surface area contributed by atoms with Crippen LogP contribution in [0.5, 0.6) is 0 Å². The Morgan fingerprint density at radius 1 is 1.20 bits per heavy atom. The van der Waals surface area contributed by atoms with Gasteiger partial charge >= 0.3 is 0 Å². The third-order valence-electron chi connectivity index (χ3n) is 4.64. The van der Waals surface area contributed by atoms with Crippen LogP contribution in [0.1, 0.15) is 29.4 Å². The van der Waals surface area contributed by atoms with Crippen molar-refractivity contribution < 1.29 is 9.32 Å². The van der Waals surface area contributed by atoms with Crippen molar-refractivity contribution in [2.45, 2.75) is 26.2 Å². The first-order valence-electron chi connectivity index (χ1n) is 8.23. The van der Waals surface area contributed by atoms with Crippen LogP contribution >= 0.6 is 0 Å². The van der Waals surface area contributed by atoms with Crippen molar-refractivity contribution in [2.75, 3.05) is 11.4 Å². The van der Waals surface area contributed by atoms with Crippen molar-refractivity contribution in [1.82, 2.24) is 15.1 Å². The highest BCUT2D eigenvalue weighted by Gasteiger charge is 2.35. The maximum absolute atomic E-state index is 12.5. The van der Waals surface area contributed by atoms with Gasteiger partial charge in [0, 0.05) is 36.6 Å². The van der Waals surface area contributed by atoms with E-state index >= 15 is 0 Å². The minimum absolute atomic E-state index is 0.0781. The van der Waals surface area contributed by atoms with Crippen molar-refractivity contribution in [3.8, 4) is 11.4 Å². The van der Waals surface area contributed by atoms with E-state index in [1.54, 1.807) is 17.3 Å². The van der Waals surface area contributed by atoms with Crippen molar-refractivity contribution in [3.05, 3.63) is 59.7 Å². The first-order chi connectivity index (χ1) is 12.1. The van der Waals surface area contributed by atoms with Crippen LogP contribution in [0.3, 0.4) is 0 Å². The summed E-state index contributed by atoms with van der Waals surface area (Å²) in [5.74, 6) is 0.986. The number of carbonyl (C=O) groups excluding carboxylic acids is 1.